The number of hydrogen-bond acceptors (Lipinski definition) is 3. The first-order valence-electron chi connectivity index (χ1n) is 4.06. The van der Waals surface area contributed by atoms with Crippen LogP contribution in [0.1, 0.15) is 12.8 Å². The van der Waals surface area contributed by atoms with E-state index < -0.39 is 0 Å². The molecule has 1 aliphatic rings. The third-order valence-corrected chi connectivity index (χ3v) is 1.82. The molecule has 0 bridgehead atoms. The van der Waals surface area contributed by atoms with Crippen molar-refractivity contribution in [1.29, 1.82) is 0 Å². The number of carbonyl (C=O) groups excluding carboxylic acids is 1. The standard InChI is InChI=1S/C7H15N3O/c8-3-5-10-7(11)6-2-1-4-9-6/h6,9H,1-5,8H2,(H,10,11)/t6-/m0/s1. The molecule has 0 aromatic heterocycles. The minimum atomic E-state index is 0.0292. The Hall–Kier alpha value is -0.610. The highest BCUT2D eigenvalue weighted by Gasteiger charge is 2.20. The summed E-state index contributed by atoms with van der Waals surface area (Å²) in [4.78, 5) is 11.2. The lowest BCUT2D eigenvalue weighted by atomic mass is 10.2. The van der Waals surface area contributed by atoms with Gasteiger partial charge < -0.3 is 16.4 Å². The summed E-state index contributed by atoms with van der Waals surface area (Å²) in [5.74, 6) is 0.0907. The van der Waals surface area contributed by atoms with E-state index in [1.807, 2.05) is 0 Å². The van der Waals surface area contributed by atoms with Crippen LogP contribution in [-0.4, -0.2) is 31.6 Å². The van der Waals surface area contributed by atoms with Crippen LogP contribution in [0, 0.1) is 0 Å². The first-order valence-corrected chi connectivity index (χ1v) is 4.06. The van der Waals surface area contributed by atoms with Crippen LogP contribution < -0.4 is 16.4 Å². The molecule has 0 spiro atoms. The summed E-state index contributed by atoms with van der Waals surface area (Å²) in [6.07, 6.45) is 2.05. The first kappa shape index (κ1) is 8.49. The zero-order chi connectivity index (χ0) is 8.10. The quantitative estimate of drug-likeness (QED) is 0.483. The van der Waals surface area contributed by atoms with Gasteiger partial charge in [0.1, 0.15) is 0 Å². The Morgan fingerprint density at radius 1 is 1.73 bits per heavy atom. The summed E-state index contributed by atoms with van der Waals surface area (Å²) in [5, 5.41) is 5.86. The molecule has 4 N–H and O–H groups in total. The Bertz CT molecular complexity index is 132. The molecular weight excluding hydrogens is 142 g/mol. The molecule has 1 rings (SSSR count). The van der Waals surface area contributed by atoms with Crippen molar-refractivity contribution in [2.75, 3.05) is 19.6 Å². The number of carbonyl (C=O) groups is 1. The van der Waals surface area contributed by atoms with Crippen molar-refractivity contribution in [3.63, 3.8) is 0 Å². The largest absolute Gasteiger partial charge is 0.353 e. The van der Waals surface area contributed by atoms with Gasteiger partial charge in [0, 0.05) is 13.1 Å². The van der Waals surface area contributed by atoms with Crippen LogP contribution in [0.25, 0.3) is 0 Å². The van der Waals surface area contributed by atoms with Gasteiger partial charge in [0.2, 0.25) is 5.91 Å². The maximum Gasteiger partial charge on any atom is 0.237 e. The van der Waals surface area contributed by atoms with Gasteiger partial charge in [-0.3, -0.25) is 4.79 Å². The summed E-state index contributed by atoms with van der Waals surface area (Å²) in [6, 6.07) is 0.0292. The zero-order valence-corrected chi connectivity index (χ0v) is 6.60. The summed E-state index contributed by atoms with van der Waals surface area (Å²) >= 11 is 0. The van der Waals surface area contributed by atoms with Crippen molar-refractivity contribution >= 4 is 5.91 Å². The highest BCUT2D eigenvalue weighted by atomic mass is 16.2. The Morgan fingerprint density at radius 2 is 2.55 bits per heavy atom. The number of hydrogen-bond donors (Lipinski definition) is 3. The molecule has 1 fully saturated rings. The van der Waals surface area contributed by atoms with E-state index in [4.69, 9.17) is 5.73 Å². The lowest BCUT2D eigenvalue weighted by Gasteiger charge is -2.09. The maximum absolute atomic E-state index is 11.2. The Balaban J connectivity index is 2.17. The fraction of sp³-hybridized carbons (Fsp3) is 0.857. The zero-order valence-electron chi connectivity index (χ0n) is 6.60. The Morgan fingerprint density at radius 3 is 3.09 bits per heavy atom. The van der Waals surface area contributed by atoms with Crippen LogP contribution >= 0.6 is 0 Å². The summed E-state index contributed by atoms with van der Waals surface area (Å²) < 4.78 is 0. The number of rotatable bonds is 3. The fourth-order valence-electron chi connectivity index (χ4n) is 1.23. The maximum atomic E-state index is 11.2. The van der Waals surface area contributed by atoms with Gasteiger partial charge in [0.15, 0.2) is 0 Å². The van der Waals surface area contributed by atoms with Gasteiger partial charge in [-0.2, -0.15) is 0 Å². The first-order chi connectivity index (χ1) is 5.34. The van der Waals surface area contributed by atoms with Gasteiger partial charge in [0.05, 0.1) is 6.04 Å². The van der Waals surface area contributed by atoms with Crippen molar-refractivity contribution < 1.29 is 4.79 Å². The molecule has 4 heteroatoms. The van der Waals surface area contributed by atoms with Gasteiger partial charge >= 0.3 is 0 Å². The van der Waals surface area contributed by atoms with Crippen LogP contribution in [0.4, 0.5) is 0 Å². The molecule has 4 nitrogen and oxygen atoms in total. The fourth-order valence-corrected chi connectivity index (χ4v) is 1.23. The van der Waals surface area contributed by atoms with Crippen LogP contribution in [-0.2, 0) is 4.79 Å². The van der Waals surface area contributed by atoms with Crippen molar-refractivity contribution in [2.24, 2.45) is 5.73 Å². The van der Waals surface area contributed by atoms with Crippen molar-refractivity contribution in [2.45, 2.75) is 18.9 Å². The molecule has 0 aromatic rings. The molecule has 0 unspecified atom stereocenters. The summed E-state index contributed by atoms with van der Waals surface area (Å²) in [6.45, 7) is 2.05. The molecule has 0 aliphatic carbocycles. The van der Waals surface area contributed by atoms with E-state index in [9.17, 15) is 4.79 Å². The molecule has 1 atom stereocenters. The lowest BCUT2D eigenvalue weighted by molar-refractivity contribution is -0.122. The van der Waals surface area contributed by atoms with E-state index in [0.29, 0.717) is 13.1 Å². The second-order valence-corrected chi connectivity index (χ2v) is 2.73. The lowest BCUT2D eigenvalue weighted by Crippen LogP contribution is -2.42. The average Bonchev–Trinajstić information content (AvgIpc) is 2.52. The Kier molecular flexibility index (Phi) is 3.32. The van der Waals surface area contributed by atoms with Crippen molar-refractivity contribution in [3.05, 3.63) is 0 Å². The molecule has 1 aliphatic heterocycles. The van der Waals surface area contributed by atoms with Crippen molar-refractivity contribution in [1.82, 2.24) is 10.6 Å². The van der Waals surface area contributed by atoms with Crippen LogP contribution in [0.2, 0.25) is 0 Å². The minimum absolute atomic E-state index is 0.0292. The predicted molar refractivity (Wildman–Crippen MR) is 43.1 cm³/mol. The topological polar surface area (TPSA) is 67.1 Å². The van der Waals surface area contributed by atoms with Gasteiger partial charge in [-0.15, -0.1) is 0 Å². The second kappa shape index (κ2) is 4.31. The van der Waals surface area contributed by atoms with Gasteiger partial charge in [-0.05, 0) is 19.4 Å². The number of amides is 1. The normalized spacial score (nSPS) is 23.5. The van der Waals surface area contributed by atoms with Gasteiger partial charge in [0.25, 0.3) is 0 Å². The van der Waals surface area contributed by atoms with Crippen molar-refractivity contribution in [3.8, 4) is 0 Å². The molecule has 1 saturated heterocycles. The van der Waals surface area contributed by atoms with Gasteiger partial charge in [-0.1, -0.05) is 0 Å². The third kappa shape index (κ3) is 2.48. The summed E-state index contributed by atoms with van der Waals surface area (Å²) in [7, 11) is 0. The molecule has 0 radical (unpaired) electrons. The highest BCUT2D eigenvalue weighted by molar-refractivity contribution is 5.81. The van der Waals surface area contributed by atoms with Crippen LogP contribution in [0.3, 0.4) is 0 Å². The van der Waals surface area contributed by atoms with E-state index >= 15 is 0 Å². The molecule has 1 heterocycles. The molecule has 1 amide bonds. The predicted octanol–water partition coefficient (Wildman–Crippen LogP) is -1.19. The van der Waals surface area contributed by atoms with E-state index in [1.165, 1.54) is 0 Å². The molecule has 0 aromatic carbocycles. The van der Waals surface area contributed by atoms with E-state index in [2.05, 4.69) is 10.6 Å². The Labute approximate surface area is 66.5 Å². The SMILES string of the molecule is NCCNC(=O)[C@@H]1CCCN1. The molecular formula is C7H15N3O. The second-order valence-electron chi connectivity index (χ2n) is 2.73. The van der Waals surface area contributed by atoms with E-state index in [0.717, 1.165) is 19.4 Å². The van der Waals surface area contributed by atoms with E-state index in [1.54, 1.807) is 0 Å². The molecule has 64 valence electrons. The molecule has 11 heavy (non-hydrogen) atoms. The summed E-state index contributed by atoms with van der Waals surface area (Å²) in [5.41, 5.74) is 5.24. The third-order valence-electron chi connectivity index (χ3n) is 1.82. The van der Waals surface area contributed by atoms with Crippen LogP contribution in [0.5, 0.6) is 0 Å². The monoisotopic (exact) mass is 157 g/mol. The average molecular weight is 157 g/mol. The number of nitrogens with two attached hydrogens (primary N) is 1. The molecule has 0 saturated carbocycles. The number of nitrogens with one attached hydrogen (secondary N) is 2. The highest BCUT2D eigenvalue weighted by Crippen LogP contribution is 2.03. The van der Waals surface area contributed by atoms with E-state index in [-0.39, 0.29) is 11.9 Å². The smallest absolute Gasteiger partial charge is 0.237 e. The van der Waals surface area contributed by atoms with Gasteiger partial charge in [-0.25, -0.2) is 0 Å². The minimum Gasteiger partial charge on any atom is -0.353 e. The van der Waals surface area contributed by atoms with Crippen LogP contribution in [0.15, 0.2) is 0 Å².